The molecule has 1 aromatic carbocycles. The fourth-order valence-corrected chi connectivity index (χ4v) is 2.78. The van der Waals surface area contributed by atoms with Gasteiger partial charge in [-0.2, -0.15) is 0 Å². The molecular formula is C13H11Cl2NO2S. The van der Waals surface area contributed by atoms with E-state index in [-0.39, 0.29) is 12.4 Å². The van der Waals surface area contributed by atoms with E-state index in [2.05, 4.69) is 4.98 Å². The Morgan fingerprint density at radius 2 is 2.00 bits per heavy atom. The number of hydrogen-bond acceptors (Lipinski definition) is 4. The Balaban J connectivity index is 2.21. The summed E-state index contributed by atoms with van der Waals surface area (Å²) in [7, 11) is 0. The molecule has 2 aromatic rings. The number of ether oxygens (including phenoxy) is 1. The lowest BCUT2D eigenvalue weighted by Crippen LogP contribution is -2.07. The van der Waals surface area contributed by atoms with Crippen LogP contribution in [0.3, 0.4) is 0 Å². The minimum atomic E-state index is -0.322. The molecule has 0 aliphatic rings. The first-order chi connectivity index (χ1) is 9.10. The molecule has 3 nitrogen and oxygen atoms in total. The number of carbonyl (C=O) groups excluding carboxylic acids is 1. The summed E-state index contributed by atoms with van der Waals surface area (Å²) in [5.74, 6) is -0.322. The van der Waals surface area contributed by atoms with Gasteiger partial charge in [-0.15, -0.1) is 11.3 Å². The molecule has 0 bridgehead atoms. The van der Waals surface area contributed by atoms with Crippen LogP contribution in [0, 0.1) is 0 Å². The first-order valence-electron chi connectivity index (χ1n) is 5.67. The van der Waals surface area contributed by atoms with Gasteiger partial charge in [-0.3, -0.25) is 4.79 Å². The average molecular weight is 316 g/mol. The molecule has 0 N–H and O–H groups in total. The Morgan fingerprint density at radius 3 is 2.63 bits per heavy atom. The van der Waals surface area contributed by atoms with Crippen molar-refractivity contribution in [2.45, 2.75) is 13.3 Å². The molecule has 0 unspecified atom stereocenters. The van der Waals surface area contributed by atoms with E-state index < -0.39 is 0 Å². The molecular weight excluding hydrogens is 305 g/mol. The van der Waals surface area contributed by atoms with Crippen molar-refractivity contribution in [1.29, 1.82) is 0 Å². The molecule has 19 heavy (non-hydrogen) atoms. The lowest BCUT2D eigenvalue weighted by Gasteiger charge is -1.99. The molecule has 2 rings (SSSR count). The zero-order valence-electron chi connectivity index (χ0n) is 10.2. The van der Waals surface area contributed by atoms with Crippen LogP contribution < -0.4 is 0 Å². The van der Waals surface area contributed by atoms with Crippen LogP contribution in [-0.2, 0) is 16.0 Å². The van der Waals surface area contributed by atoms with Gasteiger partial charge in [0.2, 0.25) is 0 Å². The summed E-state index contributed by atoms with van der Waals surface area (Å²) in [6.45, 7) is 2.12. The second-order valence-corrected chi connectivity index (χ2v) is 5.77. The van der Waals surface area contributed by atoms with Crippen molar-refractivity contribution in [3.05, 3.63) is 39.3 Å². The molecule has 0 fully saturated rings. The topological polar surface area (TPSA) is 39.2 Å². The van der Waals surface area contributed by atoms with Crippen LogP contribution in [0.25, 0.3) is 10.6 Å². The molecule has 0 spiro atoms. The lowest BCUT2D eigenvalue weighted by atomic mass is 10.2. The summed E-state index contributed by atoms with van der Waals surface area (Å²) >= 11 is 13.3. The van der Waals surface area contributed by atoms with Crippen LogP contribution in [0.15, 0.2) is 24.3 Å². The number of thiazole rings is 1. The van der Waals surface area contributed by atoms with Crippen LogP contribution in [-0.4, -0.2) is 17.6 Å². The van der Waals surface area contributed by atoms with Crippen molar-refractivity contribution in [1.82, 2.24) is 4.98 Å². The first-order valence-corrected chi connectivity index (χ1v) is 7.24. The Labute approximate surface area is 125 Å². The molecule has 6 heteroatoms. The van der Waals surface area contributed by atoms with E-state index in [1.54, 1.807) is 19.1 Å². The molecule has 0 atom stereocenters. The third kappa shape index (κ3) is 3.69. The van der Waals surface area contributed by atoms with Gasteiger partial charge < -0.3 is 4.74 Å². The molecule has 0 saturated carbocycles. The normalized spacial score (nSPS) is 10.5. The maximum atomic E-state index is 11.4. The van der Waals surface area contributed by atoms with E-state index in [0.29, 0.717) is 21.7 Å². The molecule has 1 heterocycles. The number of rotatable bonds is 4. The minimum absolute atomic E-state index is 0.0940. The number of hydrogen-bond donors (Lipinski definition) is 0. The maximum absolute atomic E-state index is 11.4. The van der Waals surface area contributed by atoms with Gasteiger partial charge >= 0.3 is 5.97 Å². The highest BCUT2D eigenvalue weighted by atomic mass is 35.5. The smallest absolute Gasteiger partial charge is 0.311 e. The quantitative estimate of drug-likeness (QED) is 0.793. The zero-order valence-corrected chi connectivity index (χ0v) is 12.5. The van der Waals surface area contributed by atoms with Crippen LogP contribution in [0.1, 0.15) is 12.6 Å². The fraction of sp³-hybridized carbons (Fsp3) is 0.231. The molecule has 0 aliphatic carbocycles. The van der Waals surface area contributed by atoms with Gasteiger partial charge in [-0.1, -0.05) is 35.3 Å². The number of esters is 1. The van der Waals surface area contributed by atoms with Crippen molar-refractivity contribution in [2.75, 3.05) is 6.61 Å². The number of halogens is 2. The maximum Gasteiger partial charge on any atom is 0.311 e. The molecule has 0 amide bonds. The number of nitrogens with zero attached hydrogens (tertiary/aromatic N) is 1. The van der Waals surface area contributed by atoms with E-state index in [0.717, 1.165) is 10.6 Å². The highest BCUT2D eigenvalue weighted by Gasteiger charge is 2.14. The van der Waals surface area contributed by atoms with Gasteiger partial charge in [0, 0.05) is 10.6 Å². The predicted octanol–water partition coefficient (Wildman–Crippen LogP) is 4.22. The Bertz CT molecular complexity index is 581. The van der Waals surface area contributed by atoms with Crippen LogP contribution >= 0.6 is 34.5 Å². The number of aromatic nitrogens is 1. The monoisotopic (exact) mass is 315 g/mol. The fourth-order valence-electron chi connectivity index (χ4n) is 1.51. The van der Waals surface area contributed by atoms with Crippen molar-refractivity contribution in [3.63, 3.8) is 0 Å². The largest absolute Gasteiger partial charge is 0.466 e. The van der Waals surface area contributed by atoms with Gasteiger partial charge in [0.1, 0.15) is 9.34 Å². The van der Waals surface area contributed by atoms with Crippen molar-refractivity contribution < 1.29 is 9.53 Å². The second kappa shape index (κ2) is 6.37. The van der Waals surface area contributed by atoms with Gasteiger partial charge in [0.05, 0.1) is 18.7 Å². The SMILES string of the molecule is CCOC(=O)Cc1nc(-c2ccc(Cl)cc2)sc1Cl. The summed E-state index contributed by atoms with van der Waals surface area (Å²) in [6, 6.07) is 7.31. The molecule has 0 radical (unpaired) electrons. The third-order valence-electron chi connectivity index (χ3n) is 2.36. The van der Waals surface area contributed by atoms with E-state index in [1.165, 1.54) is 11.3 Å². The summed E-state index contributed by atoms with van der Waals surface area (Å²) in [5, 5.41) is 1.43. The van der Waals surface area contributed by atoms with Crippen LogP contribution in [0.5, 0.6) is 0 Å². The second-order valence-electron chi connectivity index (χ2n) is 3.73. The summed E-state index contributed by atoms with van der Waals surface area (Å²) in [4.78, 5) is 15.8. The van der Waals surface area contributed by atoms with Gasteiger partial charge in [-0.25, -0.2) is 4.98 Å². The van der Waals surface area contributed by atoms with Crippen LogP contribution in [0.2, 0.25) is 9.36 Å². The van der Waals surface area contributed by atoms with Crippen molar-refractivity contribution in [2.24, 2.45) is 0 Å². The molecule has 0 saturated heterocycles. The van der Waals surface area contributed by atoms with E-state index >= 15 is 0 Å². The summed E-state index contributed by atoms with van der Waals surface area (Å²) in [5.41, 5.74) is 1.47. The molecule has 1 aromatic heterocycles. The highest BCUT2D eigenvalue weighted by Crippen LogP contribution is 2.32. The lowest BCUT2D eigenvalue weighted by molar-refractivity contribution is -0.142. The van der Waals surface area contributed by atoms with Crippen molar-refractivity contribution in [3.8, 4) is 10.6 Å². The zero-order chi connectivity index (χ0) is 13.8. The van der Waals surface area contributed by atoms with Gasteiger partial charge in [-0.05, 0) is 19.1 Å². The van der Waals surface area contributed by atoms with E-state index in [4.69, 9.17) is 27.9 Å². The Kier molecular flexibility index (Phi) is 4.80. The van der Waals surface area contributed by atoms with Crippen molar-refractivity contribution >= 4 is 40.5 Å². The highest BCUT2D eigenvalue weighted by molar-refractivity contribution is 7.19. The summed E-state index contributed by atoms with van der Waals surface area (Å²) in [6.07, 6.45) is 0.0940. The Morgan fingerprint density at radius 1 is 1.32 bits per heavy atom. The predicted molar refractivity (Wildman–Crippen MR) is 77.9 cm³/mol. The number of carbonyl (C=O) groups is 1. The van der Waals surface area contributed by atoms with Gasteiger partial charge in [0.25, 0.3) is 0 Å². The van der Waals surface area contributed by atoms with E-state index in [9.17, 15) is 4.79 Å². The standard InChI is InChI=1S/C13H11Cl2NO2S/c1-2-18-11(17)7-10-12(15)19-13(16-10)8-3-5-9(14)6-4-8/h3-6H,2,7H2,1H3. The number of benzene rings is 1. The average Bonchev–Trinajstić information content (AvgIpc) is 2.72. The minimum Gasteiger partial charge on any atom is -0.466 e. The third-order valence-corrected chi connectivity index (χ3v) is 3.99. The summed E-state index contributed by atoms with van der Waals surface area (Å²) < 4.78 is 5.39. The molecule has 100 valence electrons. The first kappa shape index (κ1) is 14.3. The van der Waals surface area contributed by atoms with E-state index in [1.807, 2.05) is 12.1 Å². The Hall–Kier alpha value is -1.10. The molecule has 0 aliphatic heterocycles. The van der Waals surface area contributed by atoms with Gasteiger partial charge in [0.15, 0.2) is 0 Å². The van der Waals surface area contributed by atoms with Crippen LogP contribution in [0.4, 0.5) is 0 Å².